The van der Waals surface area contributed by atoms with E-state index in [0.717, 1.165) is 38.0 Å². The Labute approximate surface area is 125 Å². The molecule has 1 aromatic heterocycles. The van der Waals surface area contributed by atoms with Gasteiger partial charge in [-0.15, -0.1) is 0 Å². The zero-order valence-corrected chi connectivity index (χ0v) is 12.8. The molecule has 1 amide bonds. The van der Waals surface area contributed by atoms with Crippen molar-refractivity contribution in [3.05, 3.63) is 12.4 Å². The Balaban J connectivity index is 1.73. The van der Waals surface area contributed by atoms with Gasteiger partial charge in [0.1, 0.15) is 0 Å². The van der Waals surface area contributed by atoms with E-state index in [1.807, 2.05) is 18.1 Å². The van der Waals surface area contributed by atoms with Crippen molar-refractivity contribution in [3.8, 4) is 0 Å². The number of amides is 1. The van der Waals surface area contributed by atoms with Gasteiger partial charge in [-0.2, -0.15) is 5.10 Å². The Morgan fingerprint density at radius 2 is 2.14 bits per heavy atom. The van der Waals surface area contributed by atoms with Crippen LogP contribution in [0.2, 0.25) is 0 Å². The van der Waals surface area contributed by atoms with E-state index in [2.05, 4.69) is 16.9 Å². The molecule has 0 bridgehead atoms. The fraction of sp³-hybridized carbons (Fsp3) is 0.733. The molecule has 21 heavy (non-hydrogen) atoms. The van der Waals surface area contributed by atoms with E-state index in [-0.39, 0.29) is 18.1 Å². The van der Waals surface area contributed by atoms with Crippen LogP contribution >= 0.6 is 0 Å². The standard InChI is InChI=1S/C15H24N4O2/c1-11-5-7-18(10-14(11)20)13-4-3-6-19(15(13)21)12-8-16-17(2)9-12/h8-9,11,13-14,20H,3-7,10H2,1-2H3. The number of hydrogen-bond acceptors (Lipinski definition) is 4. The molecule has 116 valence electrons. The lowest BCUT2D eigenvalue weighted by atomic mass is 9.93. The van der Waals surface area contributed by atoms with Gasteiger partial charge in [0.25, 0.3) is 0 Å². The Morgan fingerprint density at radius 3 is 2.81 bits per heavy atom. The van der Waals surface area contributed by atoms with Crippen molar-refractivity contribution in [1.82, 2.24) is 14.7 Å². The minimum atomic E-state index is -0.319. The van der Waals surface area contributed by atoms with Crippen LogP contribution in [0.1, 0.15) is 26.2 Å². The van der Waals surface area contributed by atoms with Gasteiger partial charge in [-0.3, -0.25) is 14.4 Å². The summed E-state index contributed by atoms with van der Waals surface area (Å²) in [6.45, 7) is 4.34. The highest BCUT2D eigenvalue weighted by atomic mass is 16.3. The topological polar surface area (TPSA) is 61.6 Å². The maximum Gasteiger partial charge on any atom is 0.244 e. The van der Waals surface area contributed by atoms with Crippen molar-refractivity contribution >= 4 is 11.6 Å². The number of carbonyl (C=O) groups is 1. The number of aliphatic hydroxyl groups is 1. The monoisotopic (exact) mass is 292 g/mol. The van der Waals surface area contributed by atoms with Gasteiger partial charge in [-0.1, -0.05) is 6.92 Å². The highest BCUT2D eigenvalue weighted by Crippen LogP contribution is 2.26. The van der Waals surface area contributed by atoms with Crippen molar-refractivity contribution in [2.24, 2.45) is 13.0 Å². The Hall–Kier alpha value is -1.40. The fourth-order valence-corrected chi connectivity index (χ4v) is 3.36. The van der Waals surface area contributed by atoms with Crippen LogP contribution in [0.5, 0.6) is 0 Å². The number of aromatic nitrogens is 2. The number of anilines is 1. The van der Waals surface area contributed by atoms with Crippen LogP contribution in [-0.4, -0.2) is 57.5 Å². The zero-order valence-electron chi connectivity index (χ0n) is 12.8. The minimum absolute atomic E-state index is 0.0962. The summed E-state index contributed by atoms with van der Waals surface area (Å²) in [4.78, 5) is 16.8. The third kappa shape index (κ3) is 2.82. The maximum atomic E-state index is 12.8. The Kier molecular flexibility index (Phi) is 3.99. The molecule has 0 spiro atoms. The van der Waals surface area contributed by atoms with Gasteiger partial charge in [0.15, 0.2) is 0 Å². The summed E-state index contributed by atoms with van der Waals surface area (Å²) in [5.74, 6) is 0.477. The van der Waals surface area contributed by atoms with Crippen molar-refractivity contribution in [3.63, 3.8) is 0 Å². The SMILES string of the molecule is CC1CCN(C2CCCN(c3cnn(C)c3)C2=O)CC1O. The number of aliphatic hydroxyl groups excluding tert-OH is 1. The molecule has 0 aromatic carbocycles. The predicted molar refractivity (Wildman–Crippen MR) is 79.9 cm³/mol. The van der Waals surface area contributed by atoms with Crippen molar-refractivity contribution in [1.29, 1.82) is 0 Å². The van der Waals surface area contributed by atoms with Crippen LogP contribution in [0.25, 0.3) is 0 Å². The quantitative estimate of drug-likeness (QED) is 0.868. The summed E-state index contributed by atoms with van der Waals surface area (Å²) >= 11 is 0. The summed E-state index contributed by atoms with van der Waals surface area (Å²) in [6, 6.07) is -0.0962. The third-order valence-electron chi connectivity index (χ3n) is 4.80. The molecule has 3 unspecified atom stereocenters. The van der Waals surface area contributed by atoms with Crippen LogP contribution in [0.15, 0.2) is 12.4 Å². The highest BCUT2D eigenvalue weighted by Gasteiger charge is 2.37. The Bertz CT molecular complexity index is 516. The lowest BCUT2D eigenvalue weighted by Crippen LogP contribution is -2.56. The summed E-state index contributed by atoms with van der Waals surface area (Å²) in [7, 11) is 1.86. The summed E-state index contributed by atoms with van der Waals surface area (Å²) in [5, 5.41) is 14.2. The zero-order chi connectivity index (χ0) is 15.0. The van der Waals surface area contributed by atoms with Gasteiger partial charge in [-0.25, -0.2) is 0 Å². The van der Waals surface area contributed by atoms with E-state index in [4.69, 9.17) is 0 Å². The minimum Gasteiger partial charge on any atom is -0.392 e. The molecule has 6 heteroatoms. The first-order valence-corrected chi connectivity index (χ1v) is 7.78. The number of piperidine rings is 2. The van der Waals surface area contributed by atoms with E-state index in [0.29, 0.717) is 12.5 Å². The van der Waals surface area contributed by atoms with Crippen LogP contribution in [-0.2, 0) is 11.8 Å². The molecule has 2 aliphatic rings. The van der Waals surface area contributed by atoms with Gasteiger partial charge in [0.2, 0.25) is 5.91 Å². The molecular formula is C15H24N4O2. The number of nitrogens with zero attached hydrogens (tertiary/aromatic N) is 4. The fourth-order valence-electron chi connectivity index (χ4n) is 3.36. The van der Waals surface area contributed by atoms with E-state index in [1.165, 1.54) is 0 Å². The number of carbonyl (C=O) groups excluding carboxylic acids is 1. The van der Waals surface area contributed by atoms with Crippen molar-refractivity contribution in [2.75, 3.05) is 24.5 Å². The molecule has 3 atom stereocenters. The number of hydrogen-bond donors (Lipinski definition) is 1. The molecule has 6 nitrogen and oxygen atoms in total. The first kappa shape index (κ1) is 14.5. The lowest BCUT2D eigenvalue weighted by molar-refractivity contribution is -0.127. The first-order valence-electron chi connectivity index (χ1n) is 7.78. The molecule has 2 fully saturated rings. The number of aryl methyl sites for hydroxylation is 1. The Morgan fingerprint density at radius 1 is 1.33 bits per heavy atom. The van der Waals surface area contributed by atoms with E-state index in [9.17, 15) is 9.90 Å². The molecule has 0 aliphatic carbocycles. The van der Waals surface area contributed by atoms with Crippen molar-refractivity contribution < 1.29 is 9.90 Å². The van der Waals surface area contributed by atoms with Crippen LogP contribution < -0.4 is 4.90 Å². The van der Waals surface area contributed by atoms with Crippen LogP contribution in [0, 0.1) is 5.92 Å². The first-order chi connectivity index (χ1) is 10.1. The van der Waals surface area contributed by atoms with E-state index >= 15 is 0 Å². The summed E-state index contributed by atoms with van der Waals surface area (Å²) < 4.78 is 1.72. The smallest absolute Gasteiger partial charge is 0.244 e. The highest BCUT2D eigenvalue weighted by molar-refractivity contribution is 5.97. The molecule has 1 N–H and O–H groups in total. The maximum absolute atomic E-state index is 12.8. The number of β-amino-alcohol motifs (C(OH)–C–C–N with tert-alkyl or cyclic N) is 1. The average molecular weight is 292 g/mol. The van der Waals surface area contributed by atoms with Gasteiger partial charge < -0.3 is 10.0 Å². The van der Waals surface area contributed by atoms with Gasteiger partial charge in [0.05, 0.1) is 24.0 Å². The van der Waals surface area contributed by atoms with E-state index < -0.39 is 0 Å². The van der Waals surface area contributed by atoms with Gasteiger partial charge >= 0.3 is 0 Å². The molecule has 2 saturated heterocycles. The second-order valence-electron chi connectivity index (χ2n) is 6.35. The lowest BCUT2D eigenvalue weighted by Gasteiger charge is -2.42. The summed E-state index contributed by atoms with van der Waals surface area (Å²) in [6.07, 6.45) is 6.14. The average Bonchev–Trinajstić information content (AvgIpc) is 2.89. The van der Waals surface area contributed by atoms with Gasteiger partial charge in [-0.05, 0) is 31.7 Å². The van der Waals surface area contributed by atoms with Crippen molar-refractivity contribution in [2.45, 2.75) is 38.3 Å². The molecule has 1 aromatic rings. The van der Waals surface area contributed by atoms with E-state index in [1.54, 1.807) is 10.9 Å². The van der Waals surface area contributed by atoms with Crippen LogP contribution in [0.3, 0.4) is 0 Å². The number of rotatable bonds is 2. The predicted octanol–water partition coefficient (Wildman–Crippen LogP) is 0.618. The number of likely N-dealkylation sites (tertiary alicyclic amines) is 1. The molecule has 3 rings (SSSR count). The second kappa shape index (κ2) is 5.77. The molecular weight excluding hydrogens is 268 g/mol. The molecule has 3 heterocycles. The van der Waals surface area contributed by atoms with Gasteiger partial charge in [0, 0.05) is 26.3 Å². The normalized spacial score (nSPS) is 31.7. The largest absolute Gasteiger partial charge is 0.392 e. The second-order valence-corrected chi connectivity index (χ2v) is 6.35. The molecule has 0 saturated carbocycles. The third-order valence-corrected chi connectivity index (χ3v) is 4.80. The molecule has 2 aliphatic heterocycles. The summed E-state index contributed by atoms with van der Waals surface area (Å²) in [5.41, 5.74) is 0.873. The molecule has 0 radical (unpaired) electrons. The van der Waals surface area contributed by atoms with Crippen LogP contribution in [0.4, 0.5) is 5.69 Å².